The second kappa shape index (κ2) is 3.84. The molecule has 0 unspecified atom stereocenters. The van der Waals surface area contributed by atoms with E-state index in [2.05, 4.69) is 5.32 Å². The minimum atomic E-state index is -0.863. The van der Waals surface area contributed by atoms with Gasteiger partial charge in [0.15, 0.2) is 5.78 Å². The molecule has 1 atom stereocenters. The number of rotatable bonds is 3. The Labute approximate surface area is 58.2 Å². The Bertz CT molecular complexity index is 146. The third kappa shape index (κ3) is 3.03. The van der Waals surface area contributed by atoms with Crippen LogP contribution in [0.3, 0.4) is 0 Å². The molecule has 0 aliphatic heterocycles. The van der Waals surface area contributed by atoms with Gasteiger partial charge in [-0.2, -0.15) is 0 Å². The van der Waals surface area contributed by atoms with E-state index < -0.39 is 18.7 Å². The Balaban J connectivity index is 3.83. The largest absolute Gasteiger partial charge is 0.394 e. The van der Waals surface area contributed by atoms with Crippen LogP contribution in [-0.2, 0) is 4.79 Å². The van der Waals surface area contributed by atoms with E-state index in [0.717, 1.165) is 0 Å². The molecule has 0 aliphatic carbocycles. The number of Topliss-reactive ketones (excluding diaryl/α,β-unsaturated/α-hetero) is 1. The van der Waals surface area contributed by atoms with Crippen LogP contribution in [0.4, 0.5) is 4.79 Å². The maximum atomic E-state index is 10.5. The molecule has 4 N–H and O–H groups in total. The fourth-order valence-electron chi connectivity index (χ4n) is 0.448. The maximum absolute atomic E-state index is 10.5. The molecule has 5 nitrogen and oxygen atoms in total. The van der Waals surface area contributed by atoms with Crippen LogP contribution in [0.2, 0.25) is 0 Å². The highest BCUT2D eigenvalue weighted by Crippen LogP contribution is 1.82. The summed E-state index contributed by atoms with van der Waals surface area (Å²) in [6.45, 7) is 0.842. The van der Waals surface area contributed by atoms with Crippen LogP contribution < -0.4 is 11.1 Å². The Morgan fingerprint density at radius 1 is 1.70 bits per heavy atom. The third-order valence-corrected chi connectivity index (χ3v) is 0.990. The topological polar surface area (TPSA) is 92.4 Å². The number of carbonyl (C=O) groups excluding carboxylic acids is 2. The van der Waals surface area contributed by atoms with E-state index in [9.17, 15) is 9.59 Å². The van der Waals surface area contributed by atoms with Crippen molar-refractivity contribution in [2.45, 2.75) is 13.0 Å². The number of urea groups is 1. The summed E-state index contributed by atoms with van der Waals surface area (Å²) in [5.74, 6) is -0.318. The van der Waals surface area contributed by atoms with Crippen LogP contribution in [0.1, 0.15) is 6.92 Å². The number of amides is 2. The first-order valence-corrected chi connectivity index (χ1v) is 2.75. The predicted octanol–water partition coefficient (Wildman–Crippen LogP) is -1.40. The van der Waals surface area contributed by atoms with E-state index in [4.69, 9.17) is 10.8 Å². The molecule has 0 rings (SSSR count). The quantitative estimate of drug-likeness (QED) is 0.457. The van der Waals surface area contributed by atoms with Crippen molar-refractivity contribution < 1.29 is 14.7 Å². The van der Waals surface area contributed by atoms with Gasteiger partial charge in [-0.15, -0.1) is 0 Å². The van der Waals surface area contributed by atoms with Gasteiger partial charge >= 0.3 is 6.03 Å². The zero-order valence-corrected chi connectivity index (χ0v) is 5.63. The second-order valence-corrected chi connectivity index (χ2v) is 1.85. The summed E-state index contributed by atoms with van der Waals surface area (Å²) >= 11 is 0. The van der Waals surface area contributed by atoms with Gasteiger partial charge in [-0.25, -0.2) is 4.79 Å². The Hall–Kier alpha value is -1.10. The maximum Gasteiger partial charge on any atom is 0.312 e. The molecular weight excluding hydrogens is 136 g/mol. The molecule has 0 fully saturated rings. The highest BCUT2D eigenvalue weighted by Gasteiger charge is 2.12. The number of hydrogen-bond donors (Lipinski definition) is 3. The number of primary amides is 1. The molecule has 0 spiro atoms. The van der Waals surface area contributed by atoms with E-state index in [1.165, 1.54) is 6.92 Å². The molecule has 0 saturated carbocycles. The minimum Gasteiger partial charge on any atom is -0.394 e. The van der Waals surface area contributed by atoms with E-state index in [1.807, 2.05) is 0 Å². The van der Waals surface area contributed by atoms with Gasteiger partial charge < -0.3 is 16.2 Å². The van der Waals surface area contributed by atoms with Gasteiger partial charge in [-0.3, -0.25) is 4.79 Å². The number of carbonyl (C=O) groups is 2. The Morgan fingerprint density at radius 3 is 2.30 bits per heavy atom. The monoisotopic (exact) mass is 146 g/mol. The molecule has 0 aromatic rings. The third-order valence-electron chi connectivity index (χ3n) is 0.990. The summed E-state index contributed by atoms with van der Waals surface area (Å²) in [5.41, 5.74) is 4.69. The SMILES string of the molecule is CC(=O)[C@H](CO)NC(N)=O. The summed E-state index contributed by atoms with van der Waals surface area (Å²) in [4.78, 5) is 20.6. The number of nitrogens with two attached hydrogens (primary N) is 1. The average Bonchev–Trinajstić information content (AvgIpc) is 1.81. The van der Waals surface area contributed by atoms with Crippen molar-refractivity contribution in [3.63, 3.8) is 0 Å². The van der Waals surface area contributed by atoms with Crippen LogP contribution in [0, 0.1) is 0 Å². The first kappa shape index (κ1) is 8.90. The van der Waals surface area contributed by atoms with Crippen molar-refractivity contribution >= 4 is 11.8 Å². The number of ketones is 1. The predicted molar refractivity (Wildman–Crippen MR) is 34.3 cm³/mol. The highest BCUT2D eigenvalue weighted by atomic mass is 16.3. The Kier molecular flexibility index (Phi) is 3.42. The van der Waals surface area contributed by atoms with Gasteiger partial charge in [0.25, 0.3) is 0 Å². The molecule has 0 aromatic heterocycles. The molecule has 0 bridgehead atoms. The summed E-state index contributed by atoms with van der Waals surface area (Å²) in [7, 11) is 0. The van der Waals surface area contributed by atoms with Crippen molar-refractivity contribution in [1.82, 2.24) is 5.32 Å². The molecule has 10 heavy (non-hydrogen) atoms. The summed E-state index contributed by atoms with van der Waals surface area (Å²) in [6, 6.07) is -1.67. The van der Waals surface area contributed by atoms with Crippen LogP contribution in [0.5, 0.6) is 0 Å². The fourth-order valence-corrected chi connectivity index (χ4v) is 0.448. The molecule has 0 radical (unpaired) electrons. The van der Waals surface area contributed by atoms with Crippen molar-refractivity contribution in [3.8, 4) is 0 Å². The lowest BCUT2D eigenvalue weighted by molar-refractivity contribution is -0.119. The molecule has 0 aromatic carbocycles. The lowest BCUT2D eigenvalue weighted by atomic mass is 10.2. The fraction of sp³-hybridized carbons (Fsp3) is 0.600. The van der Waals surface area contributed by atoms with Gasteiger partial charge in [-0.1, -0.05) is 0 Å². The normalized spacial score (nSPS) is 12.2. The molecular formula is C5H10N2O3. The van der Waals surface area contributed by atoms with E-state index in [0.29, 0.717) is 0 Å². The number of aliphatic hydroxyl groups is 1. The van der Waals surface area contributed by atoms with Crippen LogP contribution in [-0.4, -0.2) is 29.6 Å². The van der Waals surface area contributed by atoms with Crippen molar-refractivity contribution in [3.05, 3.63) is 0 Å². The van der Waals surface area contributed by atoms with E-state index in [-0.39, 0.29) is 5.78 Å². The summed E-state index contributed by atoms with van der Waals surface area (Å²) < 4.78 is 0. The molecule has 58 valence electrons. The van der Waals surface area contributed by atoms with Gasteiger partial charge in [0, 0.05) is 0 Å². The van der Waals surface area contributed by atoms with Gasteiger partial charge in [0.1, 0.15) is 6.04 Å². The first-order valence-electron chi connectivity index (χ1n) is 2.75. The number of nitrogens with one attached hydrogen (secondary N) is 1. The standard InChI is InChI=1S/C5H10N2O3/c1-3(9)4(2-8)7-5(6)10/h4,8H,2H2,1H3,(H3,6,7,10)/t4-/m0/s1. The Morgan fingerprint density at radius 2 is 2.20 bits per heavy atom. The molecule has 0 aliphatic rings. The first-order chi connectivity index (χ1) is 4.57. The van der Waals surface area contributed by atoms with E-state index in [1.54, 1.807) is 0 Å². The molecule has 2 amide bonds. The van der Waals surface area contributed by atoms with Crippen LogP contribution in [0.15, 0.2) is 0 Å². The van der Waals surface area contributed by atoms with Gasteiger partial charge in [-0.05, 0) is 6.92 Å². The van der Waals surface area contributed by atoms with Crippen LogP contribution >= 0.6 is 0 Å². The lowest BCUT2D eigenvalue weighted by Crippen LogP contribution is -2.44. The molecule has 0 heterocycles. The average molecular weight is 146 g/mol. The number of hydrogen-bond acceptors (Lipinski definition) is 3. The highest BCUT2D eigenvalue weighted by molar-refractivity contribution is 5.86. The molecule has 0 saturated heterocycles. The van der Waals surface area contributed by atoms with E-state index >= 15 is 0 Å². The van der Waals surface area contributed by atoms with Crippen molar-refractivity contribution in [2.24, 2.45) is 5.73 Å². The second-order valence-electron chi connectivity index (χ2n) is 1.85. The molecule has 5 heteroatoms. The van der Waals surface area contributed by atoms with Crippen molar-refractivity contribution in [1.29, 1.82) is 0 Å². The summed E-state index contributed by atoms with van der Waals surface area (Å²) in [5, 5.41) is 10.5. The van der Waals surface area contributed by atoms with Crippen LogP contribution in [0.25, 0.3) is 0 Å². The smallest absolute Gasteiger partial charge is 0.312 e. The lowest BCUT2D eigenvalue weighted by Gasteiger charge is -2.09. The zero-order valence-electron chi connectivity index (χ0n) is 5.63. The van der Waals surface area contributed by atoms with Crippen molar-refractivity contribution in [2.75, 3.05) is 6.61 Å². The number of aliphatic hydroxyl groups excluding tert-OH is 1. The van der Waals surface area contributed by atoms with Gasteiger partial charge in [0.2, 0.25) is 0 Å². The zero-order chi connectivity index (χ0) is 8.15. The minimum absolute atomic E-state index is 0.318. The van der Waals surface area contributed by atoms with Gasteiger partial charge in [0.05, 0.1) is 6.61 Å². The summed E-state index contributed by atoms with van der Waals surface area (Å²) in [6.07, 6.45) is 0.